The maximum atomic E-state index is 12.4. The summed E-state index contributed by atoms with van der Waals surface area (Å²) < 4.78 is 1.35. The Morgan fingerprint density at radius 2 is 1.80 bits per heavy atom. The van der Waals surface area contributed by atoms with Gasteiger partial charge < -0.3 is 5.11 Å². The Bertz CT molecular complexity index is 729. The molecule has 0 aliphatic rings. The fourth-order valence-corrected chi connectivity index (χ4v) is 2.12. The molecule has 0 spiro atoms. The molecule has 2 rings (SSSR count). The first kappa shape index (κ1) is 14.2. The molecule has 2 aromatic rings. The molecule has 0 bridgehead atoms. The Kier molecular flexibility index (Phi) is 3.38. The van der Waals surface area contributed by atoms with Crippen molar-refractivity contribution >= 4 is 16.7 Å². The summed E-state index contributed by atoms with van der Waals surface area (Å²) in [6, 6.07) is 6.88. The number of carboxylic acids is 1. The van der Waals surface area contributed by atoms with Gasteiger partial charge in [0.05, 0.1) is 17.1 Å². The van der Waals surface area contributed by atoms with E-state index in [1.807, 2.05) is 13.8 Å². The predicted molar refractivity (Wildman–Crippen MR) is 77.0 cm³/mol. The van der Waals surface area contributed by atoms with Crippen molar-refractivity contribution in [3.05, 3.63) is 40.3 Å². The van der Waals surface area contributed by atoms with Gasteiger partial charge in [-0.15, -0.1) is 0 Å². The summed E-state index contributed by atoms with van der Waals surface area (Å²) in [6.45, 7) is 6.89. The van der Waals surface area contributed by atoms with E-state index in [2.05, 4.69) is 5.10 Å². The minimum atomic E-state index is -1.16. The van der Waals surface area contributed by atoms with E-state index < -0.39 is 11.4 Å². The molecule has 1 aromatic carbocycles. The van der Waals surface area contributed by atoms with Gasteiger partial charge in [-0.05, 0) is 33.8 Å². The van der Waals surface area contributed by atoms with E-state index in [1.54, 1.807) is 38.1 Å². The zero-order chi connectivity index (χ0) is 15.1. The van der Waals surface area contributed by atoms with Crippen molar-refractivity contribution in [3.63, 3.8) is 0 Å². The number of carboxylic acid groups (broad SMARTS) is 1. The van der Waals surface area contributed by atoms with E-state index >= 15 is 0 Å². The van der Waals surface area contributed by atoms with Crippen LogP contribution in [0.2, 0.25) is 0 Å². The third kappa shape index (κ3) is 2.09. The maximum absolute atomic E-state index is 12.4. The number of fused-ring (bicyclic) bond motifs is 1. The summed E-state index contributed by atoms with van der Waals surface area (Å²) in [5.74, 6) is -0.968. The molecule has 0 aliphatic carbocycles. The molecule has 0 atom stereocenters. The largest absolute Gasteiger partial charge is 0.481 e. The molecule has 0 fully saturated rings. The van der Waals surface area contributed by atoms with Gasteiger partial charge in [0.25, 0.3) is 5.56 Å². The second-order valence-corrected chi connectivity index (χ2v) is 5.67. The van der Waals surface area contributed by atoms with Crippen LogP contribution in [0.4, 0.5) is 0 Å². The molecule has 0 unspecified atom stereocenters. The van der Waals surface area contributed by atoms with Crippen molar-refractivity contribution in [2.75, 3.05) is 0 Å². The van der Waals surface area contributed by atoms with Gasteiger partial charge in [-0.25, -0.2) is 4.68 Å². The lowest BCUT2D eigenvalue weighted by molar-refractivity contribution is -0.142. The topological polar surface area (TPSA) is 72.2 Å². The van der Waals surface area contributed by atoms with Crippen molar-refractivity contribution in [2.24, 2.45) is 0 Å². The van der Waals surface area contributed by atoms with Crippen molar-refractivity contribution in [1.29, 1.82) is 0 Å². The first-order chi connectivity index (χ1) is 9.26. The van der Waals surface area contributed by atoms with E-state index in [0.29, 0.717) is 16.5 Å². The van der Waals surface area contributed by atoms with Crippen molar-refractivity contribution in [3.8, 4) is 0 Å². The van der Waals surface area contributed by atoms with E-state index in [9.17, 15) is 14.7 Å². The Balaban J connectivity index is 2.94. The minimum absolute atomic E-state index is 0.129. The molecule has 0 saturated carbocycles. The Hall–Kier alpha value is -2.17. The number of benzene rings is 1. The fraction of sp³-hybridized carbons (Fsp3) is 0.400. The highest BCUT2D eigenvalue weighted by Gasteiger charge is 2.34. The SMILES string of the molecule is CC(C)n1nc(C(C)(C)C(=O)O)c2ccccc2c1=O. The Morgan fingerprint density at radius 1 is 1.25 bits per heavy atom. The Labute approximate surface area is 116 Å². The van der Waals surface area contributed by atoms with Crippen LogP contribution in [-0.2, 0) is 10.2 Å². The lowest BCUT2D eigenvalue weighted by Crippen LogP contribution is -2.35. The van der Waals surface area contributed by atoms with Gasteiger partial charge in [0.1, 0.15) is 5.41 Å². The average molecular weight is 274 g/mol. The predicted octanol–water partition coefficient (Wildman–Crippen LogP) is 2.34. The number of aliphatic carboxylic acids is 1. The summed E-state index contributed by atoms with van der Waals surface area (Å²) >= 11 is 0. The molecule has 20 heavy (non-hydrogen) atoms. The second kappa shape index (κ2) is 4.74. The summed E-state index contributed by atoms with van der Waals surface area (Å²) in [7, 11) is 0. The van der Waals surface area contributed by atoms with Crippen LogP contribution < -0.4 is 5.56 Å². The van der Waals surface area contributed by atoms with E-state index in [0.717, 1.165) is 0 Å². The molecular formula is C15H18N2O3. The van der Waals surface area contributed by atoms with Crippen LogP contribution >= 0.6 is 0 Å². The first-order valence-corrected chi connectivity index (χ1v) is 6.52. The lowest BCUT2D eigenvalue weighted by atomic mass is 9.86. The van der Waals surface area contributed by atoms with Crippen LogP contribution in [0.5, 0.6) is 0 Å². The third-order valence-corrected chi connectivity index (χ3v) is 3.44. The zero-order valence-corrected chi connectivity index (χ0v) is 12.0. The summed E-state index contributed by atoms with van der Waals surface area (Å²) in [5.41, 5.74) is -0.946. The lowest BCUT2D eigenvalue weighted by Gasteiger charge is -2.22. The number of hydrogen-bond donors (Lipinski definition) is 1. The van der Waals surface area contributed by atoms with Gasteiger partial charge in [-0.3, -0.25) is 9.59 Å². The van der Waals surface area contributed by atoms with Gasteiger partial charge in [0, 0.05) is 5.39 Å². The highest BCUT2D eigenvalue weighted by molar-refractivity contribution is 5.90. The summed E-state index contributed by atoms with van der Waals surface area (Å²) in [5, 5.41) is 14.8. The average Bonchev–Trinajstić information content (AvgIpc) is 2.38. The van der Waals surface area contributed by atoms with Gasteiger partial charge in [0.2, 0.25) is 0 Å². The van der Waals surface area contributed by atoms with Crippen molar-refractivity contribution in [2.45, 2.75) is 39.2 Å². The van der Waals surface area contributed by atoms with E-state index in [4.69, 9.17) is 0 Å². The maximum Gasteiger partial charge on any atom is 0.315 e. The number of aromatic nitrogens is 2. The summed E-state index contributed by atoms with van der Waals surface area (Å²) in [4.78, 5) is 23.9. The smallest absolute Gasteiger partial charge is 0.315 e. The van der Waals surface area contributed by atoms with Crippen molar-refractivity contribution < 1.29 is 9.90 Å². The van der Waals surface area contributed by atoms with Crippen molar-refractivity contribution in [1.82, 2.24) is 9.78 Å². The number of hydrogen-bond acceptors (Lipinski definition) is 3. The van der Waals surface area contributed by atoms with Gasteiger partial charge in [-0.1, -0.05) is 18.2 Å². The van der Waals surface area contributed by atoms with Gasteiger partial charge in [0.15, 0.2) is 0 Å². The van der Waals surface area contributed by atoms with Crippen LogP contribution in [0.1, 0.15) is 39.4 Å². The molecule has 5 nitrogen and oxygen atoms in total. The highest BCUT2D eigenvalue weighted by Crippen LogP contribution is 2.27. The molecule has 0 saturated heterocycles. The van der Waals surface area contributed by atoms with Crippen LogP contribution in [0.3, 0.4) is 0 Å². The molecule has 0 radical (unpaired) electrons. The summed E-state index contributed by atoms with van der Waals surface area (Å²) in [6.07, 6.45) is 0. The van der Waals surface area contributed by atoms with E-state index in [1.165, 1.54) is 4.68 Å². The highest BCUT2D eigenvalue weighted by atomic mass is 16.4. The van der Waals surface area contributed by atoms with Gasteiger partial charge >= 0.3 is 5.97 Å². The second-order valence-electron chi connectivity index (χ2n) is 5.67. The first-order valence-electron chi connectivity index (χ1n) is 6.52. The van der Waals surface area contributed by atoms with Crippen LogP contribution in [0, 0.1) is 0 Å². The fourth-order valence-electron chi connectivity index (χ4n) is 2.12. The molecule has 106 valence electrons. The molecule has 1 heterocycles. The number of nitrogens with zero attached hydrogens (tertiary/aromatic N) is 2. The third-order valence-electron chi connectivity index (χ3n) is 3.44. The molecule has 1 N–H and O–H groups in total. The van der Waals surface area contributed by atoms with Crippen LogP contribution in [0.25, 0.3) is 10.8 Å². The zero-order valence-electron chi connectivity index (χ0n) is 12.0. The van der Waals surface area contributed by atoms with Gasteiger partial charge in [-0.2, -0.15) is 5.10 Å². The quantitative estimate of drug-likeness (QED) is 0.932. The monoisotopic (exact) mass is 274 g/mol. The normalized spacial score (nSPS) is 12.1. The standard InChI is InChI=1S/C15H18N2O3/c1-9(2)17-13(18)11-8-6-5-7-10(11)12(16-17)15(3,4)14(19)20/h5-9H,1-4H3,(H,19,20). The molecule has 0 amide bonds. The van der Waals surface area contributed by atoms with Crippen LogP contribution in [0.15, 0.2) is 29.1 Å². The number of rotatable bonds is 3. The Morgan fingerprint density at radius 3 is 2.30 bits per heavy atom. The molecular weight excluding hydrogens is 256 g/mol. The van der Waals surface area contributed by atoms with Crippen LogP contribution in [-0.4, -0.2) is 20.9 Å². The number of carbonyl (C=O) groups is 1. The molecule has 0 aliphatic heterocycles. The molecule has 5 heteroatoms. The van der Waals surface area contributed by atoms with E-state index in [-0.39, 0.29) is 11.6 Å². The minimum Gasteiger partial charge on any atom is -0.481 e. The molecule has 1 aromatic heterocycles.